The molecule has 5 heteroatoms. The van der Waals surface area contributed by atoms with E-state index in [1.807, 2.05) is 18.2 Å². The van der Waals surface area contributed by atoms with E-state index in [1.54, 1.807) is 12.1 Å². The van der Waals surface area contributed by atoms with Crippen molar-refractivity contribution in [3.05, 3.63) is 47.2 Å². The molecule has 0 atom stereocenters. The third kappa shape index (κ3) is 2.40. The van der Waals surface area contributed by atoms with Crippen molar-refractivity contribution in [3.8, 4) is 0 Å². The number of aromatic carboxylic acids is 1. The summed E-state index contributed by atoms with van der Waals surface area (Å²) in [7, 11) is 0. The van der Waals surface area contributed by atoms with Crippen LogP contribution in [0.2, 0.25) is 5.02 Å². The fourth-order valence-corrected chi connectivity index (χ4v) is 2.17. The van der Waals surface area contributed by atoms with Gasteiger partial charge in [0.15, 0.2) is 5.09 Å². The van der Waals surface area contributed by atoms with Gasteiger partial charge in [-0.3, -0.25) is 0 Å². The molecule has 1 heterocycles. The van der Waals surface area contributed by atoms with Gasteiger partial charge in [0.2, 0.25) is 5.76 Å². The van der Waals surface area contributed by atoms with E-state index >= 15 is 0 Å². The van der Waals surface area contributed by atoms with Crippen molar-refractivity contribution in [1.29, 1.82) is 0 Å². The maximum Gasteiger partial charge on any atom is 0.371 e. The third-order valence-electron chi connectivity index (χ3n) is 1.84. The summed E-state index contributed by atoms with van der Waals surface area (Å²) in [6.07, 6.45) is 0. The second-order valence-electron chi connectivity index (χ2n) is 2.96. The number of carbonyl (C=O) groups is 1. The van der Waals surface area contributed by atoms with E-state index < -0.39 is 5.97 Å². The molecule has 0 spiro atoms. The van der Waals surface area contributed by atoms with E-state index in [0.29, 0.717) is 10.1 Å². The minimum Gasteiger partial charge on any atom is -0.475 e. The molecule has 0 radical (unpaired) electrons. The van der Waals surface area contributed by atoms with Crippen molar-refractivity contribution in [2.75, 3.05) is 0 Å². The Labute approximate surface area is 101 Å². The van der Waals surface area contributed by atoms with Crippen LogP contribution < -0.4 is 0 Å². The molecule has 1 aromatic carbocycles. The van der Waals surface area contributed by atoms with Crippen LogP contribution in [0.5, 0.6) is 0 Å². The minimum absolute atomic E-state index is 0.0745. The molecule has 0 aliphatic heterocycles. The third-order valence-corrected chi connectivity index (χ3v) is 3.28. The van der Waals surface area contributed by atoms with Gasteiger partial charge in [-0.2, -0.15) is 0 Å². The van der Waals surface area contributed by atoms with Crippen LogP contribution >= 0.6 is 23.4 Å². The predicted molar refractivity (Wildman–Crippen MR) is 61.2 cm³/mol. The van der Waals surface area contributed by atoms with Crippen molar-refractivity contribution in [2.45, 2.75) is 9.99 Å². The highest BCUT2D eigenvalue weighted by Gasteiger charge is 2.10. The smallest absolute Gasteiger partial charge is 0.371 e. The number of halogens is 1. The molecular weight excluding hydrogens is 248 g/mol. The number of carboxylic acids is 1. The highest BCUT2D eigenvalue weighted by molar-refractivity contribution is 7.99. The Bertz CT molecular complexity index is 521. The summed E-state index contributed by atoms with van der Waals surface area (Å²) in [5, 5.41) is 9.81. The first-order chi connectivity index (χ1) is 7.66. The minimum atomic E-state index is -1.08. The number of rotatable bonds is 3. The van der Waals surface area contributed by atoms with Crippen LogP contribution in [-0.4, -0.2) is 11.1 Å². The van der Waals surface area contributed by atoms with Crippen LogP contribution in [0.15, 0.2) is 50.8 Å². The Morgan fingerprint density at radius 3 is 2.62 bits per heavy atom. The highest BCUT2D eigenvalue weighted by atomic mass is 35.5. The molecule has 2 rings (SSSR count). The molecule has 0 fully saturated rings. The van der Waals surface area contributed by atoms with Crippen LogP contribution in [0.1, 0.15) is 10.6 Å². The summed E-state index contributed by atoms with van der Waals surface area (Å²) >= 11 is 7.26. The average molecular weight is 255 g/mol. The molecule has 0 bridgehead atoms. The zero-order chi connectivity index (χ0) is 11.5. The summed E-state index contributed by atoms with van der Waals surface area (Å²) in [5.41, 5.74) is 0. The molecule has 1 N–H and O–H groups in total. The molecule has 0 saturated carbocycles. The fraction of sp³-hybridized carbons (Fsp3) is 0. The maximum absolute atomic E-state index is 10.6. The van der Waals surface area contributed by atoms with E-state index in [2.05, 4.69) is 0 Å². The van der Waals surface area contributed by atoms with Crippen molar-refractivity contribution in [1.82, 2.24) is 0 Å². The van der Waals surface area contributed by atoms with Crippen LogP contribution in [0, 0.1) is 0 Å². The lowest BCUT2D eigenvalue weighted by molar-refractivity contribution is 0.0656. The second-order valence-corrected chi connectivity index (χ2v) is 4.41. The van der Waals surface area contributed by atoms with Crippen molar-refractivity contribution in [3.63, 3.8) is 0 Å². The van der Waals surface area contributed by atoms with Gasteiger partial charge in [-0.25, -0.2) is 4.79 Å². The zero-order valence-electron chi connectivity index (χ0n) is 8.01. The monoisotopic (exact) mass is 254 g/mol. The maximum atomic E-state index is 10.6. The first-order valence-corrected chi connectivity index (χ1v) is 5.62. The van der Waals surface area contributed by atoms with E-state index in [4.69, 9.17) is 21.1 Å². The summed E-state index contributed by atoms with van der Waals surface area (Å²) < 4.78 is 5.11. The average Bonchev–Trinajstić information content (AvgIpc) is 2.70. The Morgan fingerprint density at radius 1 is 1.25 bits per heavy atom. The van der Waals surface area contributed by atoms with Crippen molar-refractivity contribution >= 4 is 29.3 Å². The van der Waals surface area contributed by atoms with E-state index in [9.17, 15) is 4.79 Å². The van der Waals surface area contributed by atoms with Gasteiger partial charge in [-0.05, 0) is 24.3 Å². The normalized spacial score (nSPS) is 10.3. The summed E-state index contributed by atoms with van der Waals surface area (Å²) in [4.78, 5) is 11.4. The molecular formula is C11H7ClO3S. The number of furan rings is 1. The van der Waals surface area contributed by atoms with Gasteiger partial charge in [-0.1, -0.05) is 35.5 Å². The molecule has 0 unspecified atom stereocenters. The molecule has 16 heavy (non-hydrogen) atoms. The molecule has 0 amide bonds. The Morgan fingerprint density at radius 2 is 2.00 bits per heavy atom. The predicted octanol–water partition coefficient (Wildman–Crippen LogP) is 3.78. The van der Waals surface area contributed by atoms with Crippen molar-refractivity contribution < 1.29 is 14.3 Å². The van der Waals surface area contributed by atoms with Crippen LogP contribution in [0.4, 0.5) is 0 Å². The second kappa shape index (κ2) is 4.63. The van der Waals surface area contributed by atoms with E-state index in [0.717, 1.165) is 4.90 Å². The Kier molecular flexibility index (Phi) is 3.22. The molecule has 2 aromatic rings. The van der Waals surface area contributed by atoms with E-state index in [1.165, 1.54) is 17.8 Å². The SMILES string of the molecule is O=C(O)c1ccc(Sc2ccccc2Cl)o1. The zero-order valence-corrected chi connectivity index (χ0v) is 9.59. The molecule has 0 saturated heterocycles. The quantitative estimate of drug-likeness (QED) is 0.906. The Hall–Kier alpha value is -1.39. The lowest BCUT2D eigenvalue weighted by Crippen LogP contribution is -1.91. The van der Waals surface area contributed by atoms with Crippen LogP contribution in [0.25, 0.3) is 0 Å². The molecule has 3 nitrogen and oxygen atoms in total. The van der Waals surface area contributed by atoms with Gasteiger partial charge in [0.05, 0.1) is 5.02 Å². The van der Waals surface area contributed by atoms with Gasteiger partial charge in [0.25, 0.3) is 0 Å². The largest absolute Gasteiger partial charge is 0.475 e. The number of carboxylic acid groups (broad SMARTS) is 1. The first-order valence-electron chi connectivity index (χ1n) is 4.42. The number of hydrogen-bond acceptors (Lipinski definition) is 3. The van der Waals surface area contributed by atoms with E-state index in [-0.39, 0.29) is 5.76 Å². The number of benzene rings is 1. The van der Waals surface area contributed by atoms with Gasteiger partial charge in [0, 0.05) is 4.90 Å². The fourth-order valence-electron chi connectivity index (χ4n) is 1.13. The van der Waals surface area contributed by atoms with Gasteiger partial charge < -0.3 is 9.52 Å². The standard InChI is InChI=1S/C11H7ClO3S/c12-7-3-1-2-4-9(7)16-10-6-5-8(15-10)11(13)14/h1-6H,(H,13,14). The first kappa shape index (κ1) is 11.1. The van der Waals surface area contributed by atoms with Crippen LogP contribution in [0.3, 0.4) is 0 Å². The Balaban J connectivity index is 2.21. The van der Waals surface area contributed by atoms with Gasteiger partial charge >= 0.3 is 5.97 Å². The van der Waals surface area contributed by atoms with Gasteiger partial charge in [0.1, 0.15) is 0 Å². The van der Waals surface area contributed by atoms with Crippen molar-refractivity contribution in [2.24, 2.45) is 0 Å². The molecule has 1 aromatic heterocycles. The molecule has 0 aliphatic carbocycles. The molecule has 82 valence electrons. The lowest BCUT2D eigenvalue weighted by atomic mass is 10.4. The summed E-state index contributed by atoms with van der Waals surface area (Å²) in [6.45, 7) is 0. The van der Waals surface area contributed by atoms with Gasteiger partial charge in [-0.15, -0.1) is 0 Å². The van der Waals surface area contributed by atoms with Crippen LogP contribution in [-0.2, 0) is 0 Å². The highest BCUT2D eigenvalue weighted by Crippen LogP contribution is 2.33. The topological polar surface area (TPSA) is 50.4 Å². The molecule has 0 aliphatic rings. The number of hydrogen-bond donors (Lipinski definition) is 1. The summed E-state index contributed by atoms with van der Waals surface area (Å²) in [5.74, 6) is -1.15. The summed E-state index contributed by atoms with van der Waals surface area (Å²) in [6, 6.07) is 10.3. The lowest BCUT2D eigenvalue weighted by Gasteiger charge is -1.99.